The SMILES string of the molecule is C/C(Cn1nnc([N+](=O)[O-])n1)=N/NC(=O)c1ccc2c(c1)OCO2. The monoisotopic (exact) mass is 333 g/mol. The number of hydrazone groups is 1. The van der Waals surface area contributed by atoms with E-state index in [4.69, 9.17) is 9.47 Å². The van der Waals surface area contributed by atoms with Crippen LogP contribution < -0.4 is 14.9 Å². The average Bonchev–Trinajstić information content (AvgIpc) is 3.20. The molecule has 2 aromatic rings. The summed E-state index contributed by atoms with van der Waals surface area (Å²) in [4.78, 5) is 22.8. The normalized spacial score (nSPS) is 13.0. The van der Waals surface area contributed by atoms with Crippen molar-refractivity contribution in [2.24, 2.45) is 5.10 Å². The van der Waals surface area contributed by atoms with Crippen molar-refractivity contribution in [1.82, 2.24) is 25.6 Å². The fourth-order valence-corrected chi connectivity index (χ4v) is 1.86. The summed E-state index contributed by atoms with van der Waals surface area (Å²) in [6, 6.07) is 4.76. The van der Waals surface area contributed by atoms with Crippen LogP contribution in [0, 0.1) is 10.1 Å². The van der Waals surface area contributed by atoms with E-state index < -0.39 is 16.8 Å². The maximum atomic E-state index is 12.0. The summed E-state index contributed by atoms with van der Waals surface area (Å²) in [5.41, 5.74) is 3.15. The number of hydrogen-bond donors (Lipinski definition) is 1. The number of carbonyl (C=O) groups is 1. The van der Waals surface area contributed by atoms with Crippen LogP contribution in [0.3, 0.4) is 0 Å². The first-order valence-electron chi connectivity index (χ1n) is 6.68. The number of carbonyl (C=O) groups excluding carboxylic acids is 1. The van der Waals surface area contributed by atoms with Crippen molar-refractivity contribution in [2.75, 3.05) is 6.79 Å². The third-order valence-electron chi connectivity index (χ3n) is 2.96. The van der Waals surface area contributed by atoms with Gasteiger partial charge in [-0.15, -0.1) is 0 Å². The lowest BCUT2D eigenvalue weighted by molar-refractivity contribution is -0.394. The summed E-state index contributed by atoms with van der Waals surface area (Å²) < 4.78 is 10.4. The second-order valence-electron chi connectivity index (χ2n) is 4.73. The van der Waals surface area contributed by atoms with Crippen molar-refractivity contribution in [3.63, 3.8) is 0 Å². The highest BCUT2D eigenvalue weighted by Gasteiger charge is 2.17. The van der Waals surface area contributed by atoms with E-state index in [0.717, 1.165) is 4.80 Å². The van der Waals surface area contributed by atoms with E-state index in [2.05, 4.69) is 25.9 Å². The van der Waals surface area contributed by atoms with E-state index in [1.807, 2.05) is 0 Å². The van der Waals surface area contributed by atoms with Gasteiger partial charge < -0.3 is 19.6 Å². The van der Waals surface area contributed by atoms with Crippen LogP contribution in [0.5, 0.6) is 11.5 Å². The van der Waals surface area contributed by atoms with E-state index in [1.54, 1.807) is 25.1 Å². The number of nitro groups is 1. The Morgan fingerprint density at radius 1 is 1.46 bits per heavy atom. The van der Waals surface area contributed by atoms with Gasteiger partial charge in [0.25, 0.3) is 5.91 Å². The Kier molecular flexibility index (Phi) is 4.01. The zero-order valence-corrected chi connectivity index (χ0v) is 12.4. The van der Waals surface area contributed by atoms with Gasteiger partial charge in [0.1, 0.15) is 6.54 Å². The van der Waals surface area contributed by atoms with Gasteiger partial charge in [-0.25, -0.2) is 5.43 Å². The minimum absolute atomic E-state index is 0.0439. The number of hydrogen-bond acceptors (Lipinski definition) is 9. The van der Waals surface area contributed by atoms with Gasteiger partial charge in [-0.2, -0.15) is 5.10 Å². The van der Waals surface area contributed by atoms with Crippen LogP contribution in [0.4, 0.5) is 5.95 Å². The Hall–Kier alpha value is -3.57. The second-order valence-corrected chi connectivity index (χ2v) is 4.73. The highest BCUT2D eigenvalue weighted by molar-refractivity contribution is 5.95. The topological polar surface area (TPSA) is 147 Å². The maximum absolute atomic E-state index is 12.0. The predicted molar refractivity (Wildman–Crippen MR) is 77.6 cm³/mol. The fourth-order valence-electron chi connectivity index (χ4n) is 1.86. The van der Waals surface area contributed by atoms with Crippen molar-refractivity contribution in [1.29, 1.82) is 0 Å². The number of nitrogens with one attached hydrogen (secondary N) is 1. The number of fused-ring (bicyclic) bond motifs is 1. The average molecular weight is 333 g/mol. The van der Waals surface area contributed by atoms with E-state index in [-0.39, 0.29) is 13.3 Å². The molecule has 0 saturated heterocycles. The first-order chi connectivity index (χ1) is 11.5. The van der Waals surface area contributed by atoms with Crippen molar-refractivity contribution in [2.45, 2.75) is 13.5 Å². The number of benzene rings is 1. The molecule has 1 aliphatic heterocycles. The van der Waals surface area contributed by atoms with Crippen LogP contribution in [0.15, 0.2) is 23.3 Å². The Balaban J connectivity index is 1.61. The molecule has 0 spiro atoms. The molecule has 124 valence electrons. The Morgan fingerprint density at radius 2 is 2.25 bits per heavy atom. The van der Waals surface area contributed by atoms with Crippen molar-refractivity contribution in [3.8, 4) is 11.5 Å². The molecule has 12 nitrogen and oxygen atoms in total. The molecule has 3 rings (SSSR count). The molecule has 0 saturated carbocycles. The smallest absolute Gasteiger partial charge is 0.454 e. The highest BCUT2D eigenvalue weighted by atomic mass is 16.7. The molecule has 1 N–H and O–H groups in total. The van der Waals surface area contributed by atoms with E-state index in [9.17, 15) is 14.9 Å². The van der Waals surface area contributed by atoms with Crippen LogP contribution in [-0.4, -0.2) is 43.5 Å². The first-order valence-corrected chi connectivity index (χ1v) is 6.68. The van der Waals surface area contributed by atoms with E-state index >= 15 is 0 Å². The summed E-state index contributed by atoms with van der Waals surface area (Å²) in [6.07, 6.45) is 0. The highest BCUT2D eigenvalue weighted by Crippen LogP contribution is 2.32. The molecule has 0 radical (unpaired) electrons. The zero-order valence-electron chi connectivity index (χ0n) is 12.4. The molecule has 1 amide bonds. The largest absolute Gasteiger partial charge is 0.514 e. The van der Waals surface area contributed by atoms with Crippen LogP contribution in [-0.2, 0) is 6.54 Å². The molecule has 1 aromatic carbocycles. The number of aromatic nitrogens is 4. The van der Waals surface area contributed by atoms with E-state index in [0.29, 0.717) is 22.8 Å². The molecule has 0 aliphatic carbocycles. The zero-order chi connectivity index (χ0) is 17.1. The second kappa shape index (κ2) is 6.28. The van der Waals surface area contributed by atoms with Crippen LogP contribution >= 0.6 is 0 Å². The van der Waals surface area contributed by atoms with Gasteiger partial charge in [-0.1, -0.05) is 4.80 Å². The number of tetrazole rings is 1. The Bertz CT molecular complexity index is 831. The molecule has 0 atom stereocenters. The minimum atomic E-state index is -0.753. The van der Waals surface area contributed by atoms with E-state index in [1.165, 1.54) is 0 Å². The van der Waals surface area contributed by atoms with Gasteiger partial charge in [0.2, 0.25) is 6.79 Å². The molecule has 1 aliphatic rings. The minimum Gasteiger partial charge on any atom is -0.454 e. The van der Waals surface area contributed by atoms with Gasteiger partial charge in [0.05, 0.1) is 15.9 Å². The number of nitrogens with zero attached hydrogens (tertiary/aromatic N) is 6. The Morgan fingerprint density at radius 3 is 3.00 bits per heavy atom. The summed E-state index contributed by atoms with van der Waals surface area (Å²) in [7, 11) is 0. The Labute approximate surface area is 134 Å². The molecular formula is C12H11N7O5. The first kappa shape index (κ1) is 15.3. The van der Waals surface area contributed by atoms with Gasteiger partial charge in [-0.05, 0) is 30.0 Å². The molecule has 2 heterocycles. The summed E-state index contributed by atoms with van der Waals surface area (Å²) in [6.45, 7) is 1.77. The molecule has 0 bridgehead atoms. The molecule has 1 aromatic heterocycles. The number of ether oxygens (including phenoxy) is 2. The maximum Gasteiger partial charge on any atom is 0.514 e. The summed E-state index contributed by atoms with van der Waals surface area (Å²) in [5, 5.41) is 24.7. The molecule has 0 unspecified atom stereocenters. The lowest BCUT2D eigenvalue weighted by Crippen LogP contribution is -2.21. The molecular weight excluding hydrogens is 322 g/mol. The summed E-state index contributed by atoms with van der Waals surface area (Å²) >= 11 is 0. The number of rotatable bonds is 5. The van der Waals surface area contributed by atoms with Crippen LogP contribution in [0.1, 0.15) is 17.3 Å². The lowest BCUT2D eigenvalue weighted by Gasteiger charge is -2.03. The quantitative estimate of drug-likeness (QED) is 0.461. The van der Waals surface area contributed by atoms with Gasteiger partial charge in [0, 0.05) is 10.8 Å². The predicted octanol–water partition coefficient (Wildman–Crippen LogP) is 0.116. The van der Waals surface area contributed by atoms with Crippen molar-refractivity contribution >= 4 is 17.6 Å². The van der Waals surface area contributed by atoms with Crippen molar-refractivity contribution in [3.05, 3.63) is 33.9 Å². The molecule has 24 heavy (non-hydrogen) atoms. The molecule has 0 fully saturated rings. The standard InChI is InChI=1S/C12H11N7O5/c1-7(5-18-16-12(15-17-18)19(21)22)13-14-11(20)8-2-3-9-10(4-8)24-6-23-9/h2-4H,5-6H2,1H3,(H,14,20)/b13-7-. The fraction of sp³-hybridized carbons (Fsp3) is 0.250. The van der Waals surface area contributed by atoms with Crippen LogP contribution in [0.25, 0.3) is 0 Å². The van der Waals surface area contributed by atoms with Crippen molar-refractivity contribution < 1.29 is 19.2 Å². The molecule has 12 heteroatoms. The summed E-state index contributed by atoms with van der Waals surface area (Å²) in [5.74, 6) is 0.0185. The lowest BCUT2D eigenvalue weighted by atomic mass is 10.2. The third kappa shape index (κ3) is 3.26. The van der Waals surface area contributed by atoms with Gasteiger partial charge >= 0.3 is 5.95 Å². The third-order valence-corrected chi connectivity index (χ3v) is 2.96. The number of amides is 1. The van der Waals surface area contributed by atoms with Gasteiger partial charge in [-0.3, -0.25) is 4.79 Å². The van der Waals surface area contributed by atoms with Crippen LogP contribution in [0.2, 0.25) is 0 Å². The van der Waals surface area contributed by atoms with Gasteiger partial charge in [0.15, 0.2) is 11.5 Å².